The lowest BCUT2D eigenvalue weighted by Crippen LogP contribution is -2.44. The van der Waals surface area contributed by atoms with Crippen molar-refractivity contribution in [3.05, 3.63) is 0 Å². The molecule has 2 N–H and O–H groups in total. The lowest BCUT2D eigenvalue weighted by molar-refractivity contribution is 0.122. The van der Waals surface area contributed by atoms with Gasteiger partial charge < -0.3 is 10.6 Å². The second kappa shape index (κ2) is 3.97. The third-order valence-electron chi connectivity index (χ3n) is 3.76. The predicted molar refractivity (Wildman–Crippen MR) is 55.5 cm³/mol. The van der Waals surface area contributed by atoms with Gasteiger partial charge in [0.15, 0.2) is 0 Å². The Morgan fingerprint density at radius 1 is 1.38 bits per heavy atom. The van der Waals surface area contributed by atoms with E-state index in [1.165, 1.54) is 38.8 Å². The summed E-state index contributed by atoms with van der Waals surface area (Å²) in [6.07, 6.45) is 5.64. The van der Waals surface area contributed by atoms with Crippen LogP contribution in [0.5, 0.6) is 0 Å². The Labute approximate surface area is 81.5 Å². The van der Waals surface area contributed by atoms with Gasteiger partial charge >= 0.3 is 0 Å². The zero-order valence-corrected chi connectivity index (χ0v) is 8.71. The van der Waals surface area contributed by atoms with Crippen LogP contribution in [0.2, 0.25) is 0 Å². The molecule has 0 amide bonds. The second-order valence-electron chi connectivity index (χ2n) is 4.82. The average molecular weight is 182 g/mol. The van der Waals surface area contributed by atoms with E-state index in [1.54, 1.807) is 0 Å². The fraction of sp³-hybridized carbons (Fsp3) is 1.00. The molecule has 0 aromatic rings. The number of piperidine rings is 1. The molecule has 2 heteroatoms. The second-order valence-corrected chi connectivity index (χ2v) is 4.82. The van der Waals surface area contributed by atoms with Gasteiger partial charge in [0.05, 0.1) is 0 Å². The third-order valence-corrected chi connectivity index (χ3v) is 3.76. The van der Waals surface area contributed by atoms with E-state index in [9.17, 15) is 0 Å². The van der Waals surface area contributed by atoms with Crippen LogP contribution < -0.4 is 5.73 Å². The number of nitrogens with zero attached hydrogens (tertiary/aromatic N) is 1. The van der Waals surface area contributed by atoms with Crippen molar-refractivity contribution in [2.24, 2.45) is 17.6 Å². The summed E-state index contributed by atoms with van der Waals surface area (Å²) in [5.74, 6) is 1.78. The molecule has 1 aliphatic carbocycles. The first kappa shape index (κ1) is 9.47. The molecule has 76 valence electrons. The van der Waals surface area contributed by atoms with Crippen molar-refractivity contribution in [1.82, 2.24) is 4.90 Å². The minimum absolute atomic E-state index is 0.773. The number of likely N-dealkylation sites (tertiary alicyclic amines) is 1. The minimum Gasteiger partial charge on any atom is -0.330 e. The summed E-state index contributed by atoms with van der Waals surface area (Å²) in [5, 5.41) is 0. The Morgan fingerprint density at radius 3 is 2.77 bits per heavy atom. The molecule has 0 radical (unpaired) electrons. The van der Waals surface area contributed by atoms with Gasteiger partial charge in [-0.15, -0.1) is 0 Å². The van der Waals surface area contributed by atoms with Gasteiger partial charge in [-0.3, -0.25) is 0 Å². The molecule has 2 unspecified atom stereocenters. The zero-order chi connectivity index (χ0) is 9.26. The van der Waals surface area contributed by atoms with Gasteiger partial charge in [-0.05, 0) is 57.5 Å². The Morgan fingerprint density at radius 2 is 2.15 bits per heavy atom. The number of nitrogens with two attached hydrogens (primary N) is 1. The number of rotatable bonds is 3. The Kier molecular flexibility index (Phi) is 2.89. The molecule has 1 aliphatic heterocycles. The molecule has 2 rings (SSSR count). The van der Waals surface area contributed by atoms with Crippen LogP contribution in [0.1, 0.15) is 32.6 Å². The normalized spacial score (nSPS) is 33.2. The highest BCUT2D eigenvalue weighted by Gasteiger charge is 2.33. The van der Waals surface area contributed by atoms with E-state index in [4.69, 9.17) is 5.73 Å². The highest BCUT2D eigenvalue weighted by molar-refractivity contribution is 4.87. The van der Waals surface area contributed by atoms with Crippen LogP contribution in [0, 0.1) is 11.8 Å². The van der Waals surface area contributed by atoms with Gasteiger partial charge in [-0.1, -0.05) is 0 Å². The lowest BCUT2D eigenvalue weighted by Gasteiger charge is -2.36. The molecule has 2 nitrogen and oxygen atoms in total. The van der Waals surface area contributed by atoms with E-state index in [-0.39, 0.29) is 0 Å². The van der Waals surface area contributed by atoms with Crippen molar-refractivity contribution in [2.75, 3.05) is 19.6 Å². The molecule has 2 fully saturated rings. The predicted octanol–water partition coefficient (Wildman–Crippen LogP) is 1.46. The molecule has 0 spiro atoms. The van der Waals surface area contributed by atoms with E-state index < -0.39 is 0 Å². The first-order chi connectivity index (χ1) is 6.31. The van der Waals surface area contributed by atoms with Crippen LogP contribution in [0.25, 0.3) is 0 Å². The fourth-order valence-electron chi connectivity index (χ4n) is 2.54. The number of hydrogen-bond donors (Lipinski definition) is 1. The standard InChI is InChI=1S/C11H22N2/c1-9(11-4-5-11)13-6-2-3-10(7-12)8-13/h9-11H,2-8,12H2,1H3. The van der Waals surface area contributed by atoms with Crippen LogP contribution in [-0.2, 0) is 0 Å². The van der Waals surface area contributed by atoms with Crippen molar-refractivity contribution >= 4 is 0 Å². The highest BCUT2D eigenvalue weighted by Crippen LogP contribution is 2.36. The van der Waals surface area contributed by atoms with Gasteiger partial charge in [-0.2, -0.15) is 0 Å². The summed E-state index contributed by atoms with van der Waals surface area (Å²) in [6, 6.07) is 0.828. The van der Waals surface area contributed by atoms with Crippen molar-refractivity contribution in [2.45, 2.75) is 38.6 Å². The van der Waals surface area contributed by atoms with E-state index in [0.717, 1.165) is 24.4 Å². The molecule has 0 aromatic heterocycles. The van der Waals surface area contributed by atoms with Gasteiger partial charge in [-0.25, -0.2) is 0 Å². The van der Waals surface area contributed by atoms with Gasteiger partial charge in [0.1, 0.15) is 0 Å². The molecule has 1 saturated carbocycles. The quantitative estimate of drug-likeness (QED) is 0.716. The van der Waals surface area contributed by atoms with E-state index >= 15 is 0 Å². The first-order valence-corrected chi connectivity index (χ1v) is 5.75. The highest BCUT2D eigenvalue weighted by atomic mass is 15.2. The minimum atomic E-state index is 0.773. The molecule has 0 aromatic carbocycles. The molecule has 13 heavy (non-hydrogen) atoms. The maximum atomic E-state index is 5.73. The molecule has 2 aliphatic rings. The summed E-state index contributed by atoms with van der Waals surface area (Å²) in [5.41, 5.74) is 5.73. The summed E-state index contributed by atoms with van der Waals surface area (Å²) < 4.78 is 0. The van der Waals surface area contributed by atoms with Crippen molar-refractivity contribution < 1.29 is 0 Å². The summed E-state index contributed by atoms with van der Waals surface area (Å²) in [4.78, 5) is 2.67. The zero-order valence-electron chi connectivity index (χ0n) is 8.71. The van der Waals surface area contributed by atoms with Gasteiger partial charge in [0.2, 0.25) is 0 Å². The smallest absolute Gasteiger partial charge is 0.00953 e. The van der Waals surface area contributed by atoms with Crippen molar-refractivity contribution in [1.29, 1.82) is 0 Å². The fourth-order valence-corrected chi connectivity index (χ4v) is 2.54. The Balaban J connectivity index is 1.83. The molecule has 2 atom stereocenters. The van der Waals surface area contributed by atoms with Crippen molar-refractivity contribution in [3.8, 4) is 0 Å². The maximum Gasteiger partial charge on any atom is 0.00953 e. The largest absolute Gasteiger partial charge is 0.330 e. The summed E-state index contributed by atoms with van der Waals surface area (Å²) in [6.45, 7) is 5.85. The average Bonchev–Trinajstić information content (AvgIpc) is 3.00. The SMILES string of the molecule is CC(C1CC1)N1CCCC(CN)C1. The van der Waals surface area contributed by atoms with Crippen LogP contribution in [0.4, 0.5) is 0 Å². The van der Waals surface area contributed by atoms with Crippen molar-refractivity contribution in [3.63, 3.8) is 0 Å². The summed E-state index contributed by atoms with van der Waals surface area (Å²) in [7, 11) is 0. The van der Waals surface area contributed by atoms with Gasteiger partial charge in [0, 0.05) is 12.6 Å². The Hall–Kier alpha value is -0.0800. The van der Waals surface area contributed by atoms with Crippen LogP contribution in [0.3, 0.4) is 0 Å². The molecule has 0 bridgehead atoms. The van der Waals surface area contributed by atoms with E-state index in [1.807, 2.05) is 0 Å². The third kappa shape index (κ3) is 2.23. The van der Waals surface area contributed by atoms with Gasteiger partial charge in [0.25, 0.3) is 0 Å². The molecule has 1 saturated heterocycles. The summed E-state index contributed by atoms with van der Waals surface area (Å²) >= 11 is 0. The van der Waals surface area contributed by atoms with Crippen LogP contribution in [-0.4, -0.2) is 30.6 Å². The van der Waals surface area contributed by atoms with E-state index in [0.29, 0.717) is 0 Å². The lowest BCUT2D eigenvalue weighted by atomic mass is 9.96. The topological polar surface area (TPSA) is 29.3 Å². The van der Waals surface area contributed by atoms with Crippen LogP contribution >= 0.6 is 0 Å². The molecular formula is C11H22N2. The Bertz CT molecular complexity index is 165. The number of hydrogen-bond acceptors (Lipinski definition) is 2. The monoisotopic (exact) mass is 182 g/mol. The first-order valence-electron chi connectivity index (χ1n) is 5.75. The molecular weight excluding hydrogens is 160 g/mol. The molecule has 1 heterocycles. The van der Waals surface area contributed by atoms with E-state index in [2.05, 4.69) is 11.8 Å². The van der Waals surface area contributed by atoms with Crippen LogP contribution in [0.15, 0.2) is 0 Å². The maximum absolute atomic E-state index is 5.73.